The number of para-hydroxylation sites is 1. The lowest BCUT2D eigenvalue weighted by Crippen LogP contribution is -2.25. The van der Waals surface area contributed by atoms with Crippen LogP contribution in [0.5, 0.6) is 0 Å². The summed E-state index contributed by atoms with van der Waals surface area (Å²) in [5, 5.41) is 6.73. The van der Waals surface area contributed by atoms with Crippen molar-refractivity contribution in [3.05, 3.63) is 53.3 Å². The van der Waals surface area contributed by atoms with E-state index in [4.69, 9.17) is 11.6 Å². The van der Waals surface area contributed by atoms with Crippen molar-refractivity contribution in [2.24, 2.45) is 0 Å². The maximum absolute atomic E-state index is 12.0. The van der Waals surface area contributed by atoms with Crippen molar-refractivity contribution in [2.45, 2.75) is 18.9 Å². The van der Waals surface area contributed by atoms with E-state index in [9.17, 15) is 4.79 Å². The molecule has 1 aliphatic carbocycles. The zero-order chi connectivity index (χ0) is 13.9. The smallest absolute Gasteiger partial charge is 0.253 e. The number of hydrogen-bond donors (Lipinski definition) is 2. The Hall–Kier alpha value is -2.07. The van der Waals surface area contributed by atoms with Crippen LogP contribution in [0.3, 0.4) is 0 Å². The van der Waals surface area contributed by atoms with E-state index in [2.05, 4.69) is 15.6 Å². The first-order chi connectivity index (χ1) is 9.72. The summed E-state index contributed by atoms with van der Waals surface area (Å²) in [6, 6.07) is 9.55. The summed E-state index contributed by atoms with van der Waals surface area (Å²) in [6.45, 7) is 0. The van der Waals surface area contributed by atoms with Gasteiger partial charge in [0, 0.05) is 12.2 Å². The first-order valence-electron chi connectivity index (χ1n) is 6.50. The standard InChI is InChI=1S/C15H14ClN3O/c16-13-3-1-2-4-14(13)18-12-7-10(8-17-9-12)15(20)19-11-5-6-11/h1-4,7-9,11,18H,5-6H2,(H,19,20). The first-order valence-corrected chi connectivity index (χ1v) is 6.87. The molecule has 0 aliphatic heterocycles. The summed E-state index contributed by atoms with van der Waals surface area (Å²) < 4.78 is 0. The van der Waals surface area contributed by atoms with Gasteiger partial charge in [0.1, 0.15) is 0 Å². The van der Waals surface area contributed by atoms with Gasteiger partial charge in [0.25, 0.3) is 5.91 Å². The molecular formula is C15H14ClN3O. The van der Waals surface area contributed by atoms with E-state index in [0.29, 0.717) is 16.6 Å². The van der Waals surface area contributed by atoms with Crippen LogP contribution in [0, 0.1) is 0 Å². The largest absolute Gasteiger partial charge is 0.353 e. The Morgan fingerprint density at radius 3 is 2.80 bits per heavy atom. The molecule has 20 heavy (non-hydrogen) atoms. The molecule has 5 heteroatoms. The van der Waals surface area contributed by atoms with Gasteiger partial charge in [-0.15, -0.1) is 0 Å². The lowest BCUT2D eigenvalue weighted by atomic mass is 10.2. The fraction of sp³-hybridized carbons (Fsp3) is 0.200. The normalized spacial score (nSPS) is 13.8. The van der Waals surface area contributed by atoms with Crippen LogP contribution in [0.1, 0.15) is 23.2 Å². The summed E-state index contributed by atoms with van der Waals surface area (Å²) >= 11 is 6.09. The molecule has 1 amide bonds. The number of rotatable bonds is 4. The number of benzene rings is 1. The van der Waals surface area contributed by atoms with Crippen molar-refractivity contribution in [1.82, 2.24) is 10.3 Å². The first kappa shape index (κ1) is 12.9. The number of carbonyl (C=O) groups excluding carboxylic acids is 1. The fourth-order valence-corrected chi connectivity index (χ4v) is 2.03. The van der Waals surface area contributed by atoms with Gasteiger partial charge in [-0.1, -0.05) is 23.7 Å². The van der Waals surface area contributed by atoms with Crippen molar-refractivity contribution in [2.75, 3.05) is 5.32 Å². The van der Waals surface area contributed by atoms with Crippen LogP contribution >= 0.6 is 11.6 Å². The minimum Gasteiger partial charge on any atom is -0.353 e. The Bertz CT molecular complexity index is 641. The molecule has 1 aliphatic rings. The second-order valence-electron chi connectivity index (χ2n) is 4.81. The van der Waals surface area contributed by atoms with Crippen LogP contribution in [0.15, 0.2) is 42.7 Å². The third-order valence-electron chi connectivity index (χ3n) is 3.07. The highest BCUT2D eigenvalue weighted by Gasteiger charge is 2.23. The number of halogens is 1. The van der Waals surface area contributed by atoms with Crippen molar-refractivity contribution >= 4 is 28.9 Å². The van der Waals surface area contributed by atoms with Gasteiger partial charge in [0.15, 0.2) is 0 Å². The molecule has 1 fully saturated rings. The zero-order valence-electron chi connectivity index (χ0n) is 10.8. The quantitative estimate of drug-likeness (QED) is 0.906. The average Bonchev–Trinajstić information content (AvgIpc) is 3.26. The van der Waals surface area contributed by atoms with Crippen molar-refractivity contribution in [3.63, 3.8) is 0 Å². The Balaban J connectivity index is 1.77. The molecule has 102 valence electrons. The second kappa shape index (κ2) is 5.51. The molecule has 2 aromatic rings. The van der Waals surface area contributed by atoms with Gasteiger partial charge >= 0.3 is 0 Å². The molecule has 3 rings (SSSR count). The molecule has 0 spiro atoms. The number of nitrogens with one attached hydrogen (secondary N) is 2. The molecule has 1 aromatic heterocycles. The van der Waals surface area contributed by atoms with E-state index in [0.717, 1.165) is 24.2 Å². The predicted octanol–water partition coefficient (Wildman–Crippen LogP) is 3.37. The molecule has 2 N–H and O–H groups in total. The van der Waals surface area contributed by atoms with Gasteiger partial charge in [0.2, 0.25) is 0 Å². The van der Waals surface area contributed by atoms with Crippen LogP contribution in [-0.4, -0.2) is 16.9 Å². The molecule has 0 atom stereocenters. The highest BCUT2D eigenvalue weighted by molar-refractivity contribution is 6.33. The number of carbonyl (C=O) groups is 1. The van der Waals surface area contributed by atoms with Crippen LogP contribution in [0.2, 0.25) is 5.02 Å². The summed E-state index contributed by atoms with van der Waals surface area (Å²) in [4.78, 5) is 16.1. The Morgan fingerprint density at radius 1 is 1.25 bits per heavy atom. The number of anilines is 2. The molecule has 1 aromatic carbocycles. The second-order valence-corrected chi connectivity index (χ2v) is 5.22. The number of nitrogens with zero attached hydrogens (tertiary/aromatic N) is 1. The Labute approximate surface area is 122 Å². The van der Waals surface area contributed by atoms with Crippen LogP contribution in [-0.2, 0) is 0 Å². The van der Waals surface area contributed by atoms with Gasteiger partial charge in [-0.3, -0.25) is 9.78 Å². The zero-order valence-corrected chi connectivity index (χ0v) is 11.5. The van der Waals surface area contributed by atoms with Crippen LogP contribution < -0.4 is 10.6 Å². The third-order valence-corrected chi connectivity index (χ3v) is 3.40. The number of aromatic nitrogens is 1. The number of hydrogen-bond acceptors (Lipinski definition) is 3. The molecule has 0 unspecified atom stereocenters. The minimum atomic E-state index is -0.0807. The van der Waals surface area contributed by atoms with Gasteiger partial charge in [0.05, 0.1) is 28.2 Å². The van der Waals surface area contributed by atoms with Gasteiger partial charge in [-0.2, -0.15) is 0 Å². The maximum Gasteiger partial charge on any atom is 0.253 e. The van der Waals surface area contributed by atoms with E-state index in [1.54, 1.807) is 24.5 Å². The SMILES string of the molecule is O=C(NC1CC1)c1cncc(Nc2ccccc2Cl)c1. The topological polar surface area (TPSA) is 54.0 Å². The molecule has 1 heterocycles. The summed E-state index contributed by atoms with van der Waals surface area (Å²) in [5.41, 5.74) is 2.08. The number of pyridine rings is 1. The van der Waals surface area contributed by atoms with Crippen molar-refractivity contribution in [3.8, 4) is 0 Å². The average molecular weight is 288 g/mol. The lowest BCUT2D eigenvalue weighted by molar-refractivity contribution is 0.0951. The van der Waals surface area contributed by atoms with E-state index in [-0.39, 0.29) is 5.91 Å². The van der Waals surface area contributed by atoms with Crippen LogP contribution in [0.25, 0.3) is 0 Å². The summed E-state index contributed by atoms with van der Waals surface area (Å²) in [5.74, 6) is -0.0807. The highest BCUT2D eigenvalue weighted by atomic mass is 35.5. The molecular weight excluding hydrogens is 274 g/mol. The molecule has 0 saturated heterocycles. The van der Waals surface area contributed by atoms with E-state index >= 15 is 0 Å². The van der Waals surface area contributed by atoms with E-state index < -0.39 is 0 Å². The third kappa shape index (κ3) is 3.08. The monoisotopic (exact) mass is 287 g/mol. The molecule has 4 nitrogen and oxygen atoms in total. The fourth-order valence-electron chi connectivity index (χ4n) is 1.85. The van der Waals surface area contributed by atoms with Gasteiger partial charge in [-0.25, -0.2) is 0 Å². The minimum absolute atomic E-state index is 0.0807. The molecule has 0 bridgehead atoms. The van der Waals surface area contributed by atoms with Gasteiger partial charge in [-0.05, 0) is 31.0 Å². The predicted molar refractivity (Wildman–Crippen MR) is 79.5 cm³/mol. The number of amides is 1. The van der Waals surface area contributed by atoms with E-state index in [1.165, 1.54) is 0 Å². The lowest BCUT2D eigenvalue weighted by Gasteiger charge is -2.09. The summed E-state index contributed by atoms with van der Waals surface area (Å²) in [6.07, 6.45) is 5.36. The maximum atomic E-state index is 12.0. The highest BCUT2D eigenvalue weighted by Crippen LogP contribution is 2.25. The van der Waals surface area contributed by atoms with Crippen LogP contribution in [0.4, 0.5) is 11.4 Å². The van der Waals surface area contributed by atoms with Crippen molar-refractivity contribution in [1.29, 1.82) is 0 Å². The summed E-state index contributed by atoms with van der Waals surface area (Å²) in [7, 11) is 0. The van der Waals surface area contributed by atoms with Gasteiger partial charge < -0.3 is 10.6 Å². The molecule has 1 saturated carbocycles. The Morgan fingerprint density at radius 2 is 2.05 bits per heavy atom. The van der Waals surface area contributed by atoms with Crippen molar-refractivity contribution < 1.29 is 4.79 Å². The molecule has 0 radical (unpaired) electrons. The van der Waals surface area contributed by atoms with E-state index in [1.807, 2.05) is 18.2 Å². The Kier molecular flexibility index (Phi) is 3.56.